The molecule has 0 spiro atoms. The van der Waals surface area contributed by atoms with Crippen LogP contribution in [-0.2, 0) is 92.3 Å². The summed E-state index contributed by atoms with van der Waals surface area (Å²) in [6.07, 6.45) is -15.2. The average molecular weight is 727 g/mol. The monoisotopic (exact) mass is 726 g/mol. The summed E-state index contributed by atoms with van der Waals surface area (Å²) in [4.78, 5) is 85.2. The number of carbonyl (C=O) groups is 7. The zero-order chi connectivity index (χ0) is 37.8. The molecule has 1 aromatic rings. The van der Waals surface area contributed by atoms with Crippen LogP contribution in [0.5, 0.6) is 0 Å². The molecule has 0 bridgehead atoms. The van der Waals surface area contributed by atoms with E-state index in [1.165, 1.54) is 0 Å². The Balaban J connectivity index is 2.18. The third-order valence-corrected chi connectivity index (χ3v) is 7.15. The molecule has 1 aromatic carbocycles. The second kappa shape index (κ2) is 19.1. The van der Waals surface area contributed by atoms with Crippen LogP contribution in [0.25, 0.3) is 0 Å². The van der Waals surface area contributed by atoms with Gasteiger partial charge in [-0.05, 0) is 5.56 Å². The first-order chi connectivity index (χ1) is 24.0. The van der Waals surface area contributed by atoms with Crippen molar-refractivity contribution in [3.8, 4) is 0 Å². The molecule has 2 aliphatic rings. The standard InChI is InChI=1S/C33H42O18/c1-16(34)41-14-24-26(44-18(3)36)28(45-19(4)37)30(43-13-23-11-9-8-10-12-23)32(49-24)51-27-25(15-42-17(2)35)50-33(48-22(7)40)31(47-21(6)39)29(27)46-20(5)38/h8-12,24-33H,13-15H2,1-7H3/t24-,25-,26-,27-,28+,29+,30+,31-,32+,33?/m1/s1. The van der Waals surface area contributed by atoms with Gasteiger partial charge in [-0.1, -0.05) is 30.3 Å². The summed E-state index contributed by atoms with van der Waals surface area (Å²) in [5.74, 6) is -5.71. The molecule has 2 heterocycles. The van der Waals surface area contributed by atoms with Gasteiger partial charge in [0.15, 0.2) is 24.6 Å². The summed E-state index contributed by atoms with van der Waals surface area (Å²) >= 11 is 0. The average Bonchev–Trinajstić information content (AvgIpc) is 3.02. The lowest BCUT2D eigenvalue weighted by Gasteiger charge is -2.48. The minimum Gasteiger partial charge on any atom is -0.463 e. The van der Waals surface area contributed by atoms with Crippen LogP contribution in [0.2, 0.25) is 0 Å². The summed E-state index contributed by atoms with van der Waals surface area (Å²) in [6.45, 7) is 6.40. The lowest BCUT2D eigenvalue weighted by Crippen LogP contribution is -2.67. The summed E-state index contributed by atoms with van der Waals surface area (Å²) in [5.41, 5.74) is 0.662. The molecule has 2 fully saturated rings. The van der Waals surface area contributed by atoms with E-state index in [1.54, 1.807) is 30.3 Å². The van der Waals surface area contributed by atoms with Crippen molar-refractivity contribution in [2.24, 2.45) is 0 Å². The molecule has 3 rings (SSSR count). The highest BCUT2D eigenvalue weighted by molar-refractivity contribution is 5.69. The predicted molar refractivity (Wildman–Crippen MR) is 164 cm³/mol. The Morgan fingerprint density at radius 2 is 0.922 bits per heavy atom. The molecule has 0 radical (unpaired) electrons. The highest BCUT2D eigenvalue weighted by atomic mass is 16.8. The van der Waals surface area contributed by atoms with Gasteiger partial charge in [0, 0.05) is 48.5 Å². The Kier molecular flexibility index (Phi) is 15.3. The molecule has 0 saturated carbocycles. The van der Waals surface area contributed by atoms with Gasteiger partial charge in [-0.25, -0.2) is 0 Å². The molecule has 2 aliphatic heterocycles. The van der Waals surface area contributed by atoms with Crippen molar-refractivity contribution in [1.82, 2.24) is 0 Å². The fourth-order valence-corrected chi connectivity index (χ4v) is 5.36. The van der Waals surface area contributed by atoms with E-state index >= 15 is 0 Å². The minimum absolute atomic E-state index is 0.121. The molecule has 18 nitrogen and oxygen atoms in total. The number of benzene rings is 1. The second-order valence-electron chi connectivity index (χ2n) is 11.5. The fraction of sp³-hybridized carbons (Fsp3) is 0.606. The van der Waals surface area contributed by atoms with Gasteiger partial charge >= 0.3 is 41.8 Å². The van der Waals surface area contributed by atoms with E-state index in [-0.39, 0.29) is 6.61 Å². The van der Waals surface area contributed by atoms with Crippen LogP contribution in [0, 0.1) is 0 Å². The van der Waals surface area contributed by atoms with E-state index in [4.69, 9.17) is 52.1 Å². The number of rotatable bonds is 14. The zero-order valence-corrected chi connectivity index (χ0v) is 29.1. The van der Waals surface area contributed by atoms with Crippen molar-refractivity contribution >= 4 is 41.8 Å². The first-order valence-electron chi connectivity index (χ1n) is 15.8. The Morgan fingerprint density at radius 3 is 1.41 bits per heavy atom. The van der Waals surface area contributed by atoms with Crippen molar-refractivity contribution < 1.29 is 85.7 Å². The first-order valence-corrected chi connectivity index (χ1v) is 15.8. The largest absolute Gasteiger partial charge is 0.463 e. The smallest absolute Gasteiger partial charge is 0.305 e. The highest BCUT2D eigenvalue weighted by Gasteiger charge is 2.57. The molecular formula is C33H42O18. The summed E-state index contributed by atoms with van der Waals surface area (Å²) in [7, 11) is 0. The van der Waals surface area contributed by atoms with Crippen LogP contribution < -0.4 is 0 Å². The van der Waals surface area contributed by atoms with Gasteiger partial charge in [-0.3, -0.25) is 33.6 Å². The fourth-order valence-electron chi connectivity index (χ4n) is 5.36. The van der Waals surface area contributed by atoms with Crippen molar-refractivity contribution in [3.63, 3.8) is 0 Å². The topological polar surface area (TPSA) is 221 Å². The van der Waals surface area contributed by atoms with E-state index < -0.39 is 116 Å². The molecule has 0 aliphatic carbocycles. The quantitative estimate of drug-likeness (QED) is 0.191. The Labute approximate surface area is 293 Å². The van der Waals surface area contributed by atoms with Crippen molar-refractivity contribution in [1.29, 1.82) is 0 Å². The maximum Gasteiger partial charge on any atom is 0.305 e. The van der Waals surface area contributed by atoms with Crippen LogP contribution in [0.3, 0.4) is 0 Å². The molecule has 2 saturated heterocycles. The minimum atomic E-state index is -1.67. The number of carbonyl (C=O) groups excluding carboxylic acids is 7. The van der Waals surface area contributed by atoms with Crippen molar-refractivity contribution in [2.45, 2.75) is 116 Å². The second-order valence-corrected chi connectivity index (χ2v) is 11.5. The molecule has 0 amide bonds. The van der Waals surface area contributed by atoms with Gasteiger partial charge < -0.3 is 52.1 Å². The lowest BCUT2D eigenvalue weighted by molar-refractivity contribution is -0.361. The maximum atomic E-state index is 12.5. The van der Waals surface area contributed by atoms with Gasteiger partial charge in [-0.15, -0.1) is 0 Å². The summed E-state index contributed by atoms with van der Waals surface area (Å²) in [5, 5.41) is 0. The van der Waals surface area contributed by atoms with Crippen LogP contribution in [0.15, 0.2) is 30.3 Å². The van der Waals surface area contributed by atoms with Crippen LogP contribution in [-0.4, -0.2) is 116 Å². The molecule has 282 valence electrons. The van der Waals surface area contributed by atoms with E-state index in [2.05, 4.69) is 0 Å². The van der Waals surface area contributed by atoms with E-state index in [0.717, 1.165) is 48.5 Å². The number of esters is 7. The summed E-state index contributed by atoms with van der Waals surface area (Å²) < 4.78 is 62.5. The number of ether oxygens (including phenoxy) is 11. The Morgan fingerprint density at radius 1 is 0.490 bits per heavy atom. The van der Waals surface area contributed by atoms with Crippen LogP contribution in [0.1, 0.15) is 54.0 Å². The molecule has 18 heteroatoms. The van der Waals surface area contributed by atoms with Gasteiger partial charge in [-0.2, -0.15) is 0 Å². The first kappa shape index (κ1) is 40.8. The van der Waals surface area contributed by atoms with Crippen molar-refractivity contribution in [3.05, 3.63) is 35.9 Å². The third-order valence-electron chi connectivity index (χ3n) is 7.15. The SMILES string of the molecule is CC(=O)OC[C@H]1O[C@@H](O[C@H]2[C@H](OC(C)=O)[C@@H](OC(C)=O)C(OC(C)=O)O[C@@H]2COC(C)=O)[C@@H](OCc2ccccc2)[C@@H](OC(C)=O)[C@@H]1OC(C)=O. The molecule has 0 aromatic heterocycles. The summed E-state index contributed by atoms with van der Waals surface area (Å²) in [6, 6.07) is 8.77. The lowest BCUT2D eigenvalue weighted by atomic mass is 9.96. The maximum absolute atomic E-state index is 12.5. The van der Waals surface area contributed by atoms with Crippen molar-refractivity contribution in [2.75, 3.05) is 13.2 Å². The van der Waals surface area contributed by atoms with Gasteiger partial charge in [0.2, 0.25) is 12.4 Å². The molecular weight excluding hydrogens is 684 g/mol. The highest BCUT2D eigenvalue weighted by Crippen LogP contribution is 2.36. The Hall–Kier alpha value is -4.65. The van der Waals surface area contributed by atoms with E-state index in [1.807, 2.05) is 0 Å². The van der Waals surface area contributed by atoms with E-state index in [9.17, 15) is 33.6 Å². The van der Waals surface area contributed by atoms with Gasteiger partial charge in [0.1, 0.15) is 37.6 Å². The normalized spacial score (nSPS) is 28.7. The Bertz CT molecular complexity index is 1400. The number of hydrogen-bond acceptors (Lipinski definition) is 18. The van der Waals surface area contributed by atoms with Gasteiger partial charge in [0.25, 0.3) is 0 Å². The third kappa shape index (κ3) is 12.6. The van der Waals surface area contributed by atoms with Gasteiger partial charge in [0.05, 0.1) is 6.61 Å². The predicted octanol–water partition coefficient (Wildman–Crippen LogP) is 0.823. The molecule has 51 heavy (non-hydrogen) atoms. The molecule has 10 atom stereocenters. The zero-order valence-electron chi connectivity index (χ0n) is 29.1. The van der Waals surface area contributed by atoms with Crippen LogP contribution in [0.4, 0.5) is 0 Å². The number of hydrogen-bond donors (Lipinski definition) is 0. The van der Waals surface area contributed by atoms with Crippen LogP contribution >= 0.6 is 0 Å². The molecule has 0 N–H and O–H groups in total. The molecule has 1 unspecified atom stereocenters. The van der Waals surface area contributed by atoms with E-state index in [0.29, 0.717) is 5.56 Å².